The number of hydrogen-bond donors (Lipinski definition) is 0. The molecule has 5 nitrogen and oxygen atoms in total. The Hall–Kier alpha value is -0.940. The zero-order chi connectivity index (χ0) is 17.8. The molecule has 3 heterocycles. The number of piperidine rings is 2. The Balaban J connectivity index is 1.37. The predicted molar refractivity (Wildman–Crippen MR) is 102 cm³/mol. The summed E-state index contributed by atoms with van der Waals surface area (Å²) in [5, 5.41) is 8.55. The largest absolute Gasteiger partial charge is 0.303 e. The van der Waals surface area contributed by atoms with Crippen LogP contribution >= 0.6 is 0 Å². The van der Waals surface area contributed by atoms with Gasteiger partial charge in [-0.1, -0.05) is 32.9 Å². The van der Waals surface area contributed by atoms with Gasteiger partial charge in [0.15, 0.2) is 0 Å². The van der Waals surface area contributed by atoms with Gasteiger partial charge in [0.1, 0.15) is 0 Å². The fourth-order valence-corrected chi connectivity index (χ4v) is 4.33. The highest BCUT2D eigenvalue weighted by atomic mass is 15.5. The zero-order valence-corrected chi connectivity index (χ0v) is 16.7. The van der Waals surface area contributed by atoms with Crippen LogP contribution in [0.1, 0.15) is 65.0 Å². The topological polar surface area (TPSA) is 37.2 Å². The standard InChI is InChI=1S/C20H37N5/c1-16(2)19-7-11-23(12-8-19)13-18-5-9-24(10-6-18)15-25-14-20(17(3)4)21-22-25/h14,16-19H,5-13,15H2,1-4H3. The van der Waals surface area contributed by atoms with Gasteiger partial charge in [0.2, 0.25) is 0 Å². The van der Waals surface area contributed by atoms with E-state index in [0.717, 1.165) is 30.1 Å². The Bertz CT molecular complexity index is 508. The Morgan fingerprint density at radius 1 is 0.960 bits per heavy atom. The van der Waals surface area contributed by atoms with Crippen molar-refractivity contribution in [2.75, 3.05) is 32.7 Å². The van der Waals surface area contributed by atoms with Crippen LogP contribution in [0, 0.1) is 17.8 Å². The first-order valence-electron chi connectivity index (χ1n) is 10.4. The molecular formula is C20H37N5. The molecular weight excluding hydrogens is 310 g/mol. The van der Waals surface area contributed by atoms with Crippen molar-refractivity contribution in [2.24, 2.45) is 17.8 Å². The van der Waals surface area contributed by atoms with E-state index < -0.39 is 0 Å². The van der Waals surface area contributed by atoms with Crippen LogP contribution in [-0.2, 0) is 6.67 Å². The third-order valence-corrected chi connectivity index (χ3v) is 6.29. The Morgan fingerprint density at radius 2 is 1.60 bits per heavy atom. The molecule has 2 saturated heterocycles. The van der Waals surface area contributed by atoms with Crippen molar-refractivity contribution in [3.8, 4) is 0 Å². The molecule has 2 fully saturated rings. The molecule has 1 aromatic rings. The molecule has 0 aromatic carbocycles. The Kier molecular flexibility index (Phi) is 6.50. The van der Waals surface area contributed by atoms with Crippen molar-refractivity contribution in [1.29, 1.82) is 0 Å². The lowest BCUT2D eigenvalue weighted by Crippen LogP contribution is -2.42. The molecule has 2 aliphatic rings. The summed E-state index contributed by atoms with van der Waals surface area (Å²) in [7, 11) is 0. The summed E-state index contributed by atoms with van der Waals surface area (Å²) in [6, 6.07) is 0. The van der Waals surface area contributed by atoms with Gasteiger partial charge in [0, 0.05) is 19.6 Å². The summed E-state index contributed by atoms with van der Waals surface area (Å²) in [5.41, 5.74) is 1.10. The summed E-state index contributed by atoms with van der Waals surface area (Å²) < 4.78 is 2.01. The molecule has 5 heteroatoms. The fraction of sp³-hybridized carbons (Fsp3) is 0.900. The van der Waals surface area contributed by atoms with Crippen LogP contribution in [-0.4, -0.2) is 57.5 Å². The van der Waals surface area contributed by atoms with E-state index in [0.29, 0.717) is 5.92 Å². The van der Waals surface area contributed by atoms with E-state index in [-0.39, 0.29) is 0 Å². The molecule has 0 N–H and O–H groups in total. The smallest absolute Gasteiger partial charge is 0.0946 e. The second-order valence-electron chi connectivity index (χ2n) is 8.92. The second-order valence-corrected chi connectivity index (χ2v) is 8.92. The first kappa shape index (κ1) is 18.8. The quantitative estimate of drug-likeness (QED) is 0.790. The van der Waals surface area contributed by atoms with Crippen LogP contribution in [0.3, 0.4) is 0 Å². The van der Waals surface area contributed by atoms with Gasteiger partial charge in [-0.2, -0.15) is 0 Å². The highest BCUT2D eigenvalue weighted by molar-refractivity contribution is 4.98. The normalized spacial score (nSPS) is 22.3. The van der Waals surface area contributed by atoms with E-state index in [9.17, 15) is 0 Å². The van der Waals surface area contributed by atoms with E-state index >= 15 is 0 Å². The molecule has 0 atom stereocenters. The fourth-order valence-electron chi connectivity index (χ4n) is 4.33. The lowest BCUT2D eigenvalue weighted by molar-refractivity contribution is 0.0937. The van der Waals surface area contributed by atoms with E-state index in [4.69, 9.17) is 0 Å². The van der Waals surface area contributed by atoms with Gasteiger partial charge < -0.3 is 4.90 Å². The van der Waals surface area contributed by atoms with Crippen molar-refractivity contribution in [3.63, 3.8) is 0 Å². The van der Waals surface area contributed by atoms with Crippen molar-refractivity contribution < 1.29 is 0 Å². The van der Waals surface area contributed by atoms with Crippen LogP contribution in [0.5, 0.6) is 0 Å². The molecule has 0 spiro atoms. The van der Waals surface area contributed by atoms with Gasteiger partial charge in [-0.15, -0.1) is 5.10 Å². The first-order valence-corrected chi connectivity index (χ1v) is 10.4. The molecule has 1 aromatic heterocycles. The third-order valence-electron chi connectivity index (χ3n) is 6.29. The summed E-state index contributed by atoms with van der Waals surface area (Å²) in [4.78, 5) is 5.26. The SMILES string of the molecule is CC(C)c1cn(CN2CCC(CN3CCC(C(C)C)CC3)CC2)nn1. The van der Waals surface area contributed by atoms with E-state index in [1.54, 1.807) is 0 Å². The maximum Gasteiger partial charge on any atom is 0.0946 e. The lowest BCUT2D eigenvalue weighted by atomic mass is 9.86. The molecule has 0 unspecified atom stereocenters. The number of hydrogen-bond acceptors (Lipinski definition) is 4. The van der Waals surface area contributed by atoms with Crippen LogP contribution in [0.25, 0.3) is 0 Å². The maximum atomic E-state index is 4.28. The van der Waals surface area contributed by atoms with Gasteiger partial charge in [-0.05, 0) is 62.4 Å². The monoisotopic (exact) mass is 347 g/mol. The van der Waals surface area contributed by atoms with Gasteiger partial charge in [-0.3, -0.25) is 4.90 Å². The number of nitrogens with zero attached hydrogens (tertiary/aromatic N) is 5. The summed E-state index contributed by atoms with van der Waals surface area (Å²) in [6.45, 7) is 16.4. The highest BCUT2D eigenvalue weighted by Crippen LogP contribution is 2.26. The number of rotatable bonds is 6. The average Bonchev–Trinajstić information content (AvgIpc) is 3.06. The minimum absolute atomic E-state index is 0.458. The molecule has 0 bridgehead atoms. The molecule has 3 rings (SSSR count). The molecule has 0 aliphatic carbocycles. The lowest BCUT2D eigenvalue weighted by Gasteiger charge is -2.38. The Morgan fingerprint density at radius 3 is 2.16 bits per heavy atom. The van der Waals surface area contributed by atoms with Crippen LogP contribution in [0.4, 0.5) is 0 Å². The van der Waals surface area contributed by atoms with E-state index in [2.05, 4.69) is 54.0 Å². The van der Waals surface area contributed by atoms with Gasteiger partial charge in [0.05, 0.1) is 18.6 Å². The summed E-state index contributed by atoms with van der Waals surface area (Å²) >= 11 is 0. The zero-order valence-electron chi connectivity index (χ0n) is 16.7. The minimum Gasteiger partial charge on any atom is -0.303 e. The predicted octanol–water partition coefficient (Wildman–Crippen LogP) is 3.44. The highest BCUT2D eigenvalue weighted by Gasteiger charge is 2.25. The number of aromatic nitrogens is 3. The van der Waals surface area contributed by atoms with Crippen LogP contribution in [0.2, 0.25) is 0 Å². The molecule has 0 saturated carbocycles. The average molecular weight is 348 g/mol. The Labute approximate surface area is 153 Å². The van der Waals surface area contributed by atoms with E-state index in [1.165, 1.54) is 58.4 Å². The van der Waals surface area contributed by atoms with Gasteiger partial charge in [-0.25, -0.2) is 4.68 Å². The van der Waals surface area contributed by atoms with Gasteiger partial charge in [0.25, 0.3) is 0 Å². The third kappa shape index (κ3) is 5.27. The van der Waals surface area contributed by atoms with E-state index in [1.807, 2.05) is 4.68 Å². The second kappa shape index (κ2) is 8.63. The maximum absolute atomic E-state index is 4.28. The van der Waals surface area contributed by atoms with Crippen LogP contribution in [0.15, 0.2) is 6.20 Å². The van der Waals surface area contributed by atoms with Gasteiger partial charge >= 0.3 is 0 Å². The molecule has 0 radical (unpaired) electrons. The van der Waals surface area contributed by atoms with Crippen molar-refractivity contribution in [2.45, 2.75) is 66.0 Å². The molecule has 2 aliphatic heterocycles. The number of likely N-dealkylation sites (tertiary alicyclic amines) is 2. The first-order chi connectivity index (χ1) is 12.0. The van der Waals surface area contributed by atoms with Crippen molar-refractivity contribution in [1.82, 2.24) is 24.8 Å². The van der Waals surface area contributed by atoms with Crippen LogP contribution < -0.4 is 0 Å². The minimum atomic E-state index is 0.458. The molecule has 142 valence electrons. The summed E-state index contributed by atoms with van der Waals surface area (Å²) in [6.07, 6.45) is 7.57. The van der Waals surface area contributed by atoms with Crippen molar-refractivity contribution in [3.05, 3.63) is 11.9 Å². The summed E-state index contributed by atoms with van der Waals surface area (Å²) in [5.74, 6) is 3.16. The molecule has 25 heavy (non-hydrogen) atoms. The molecule has 0 amide bonds. The van der Waals surface area contributed by atoms with Crippen molar-refractivity contribution >= 4 is 0 Å².